The number of nitrogens with zero attached hydrogens (tertiary/aromatic N) is 4. The molecule has 0 aliphatic carbocycles. The van der Waals surface area contributed by atoms with E-state index in [1.54, 1.807) is 19.7 Å². The molecule has 0 bridgehead atoms. The molecule has 3 rings (SSSR count). The predicted octanol–water partition coefficient (Wildman–Crippen LogP) is 3.26. The van der Waals surface area contributed by atoms with Crippen molar-refractivity contribution in [3.8, 4) is 5.75 Å². The Labute approximate surface area is 146 Å². The molecule has 1 aromatic carbocycles. The summed E-state index contributed by atoms with van der Waals surface area (Å²) in [6.07, 6.45) is 5.21. The second-order valence-electron chi connectivity index (χ2n) is 5.43. The lowest BCUT2D eigenvalue weighted by atomic mass is 10.2. The lowest BCUT2D eigenvalue weighted by Crippen LogP contribution is -2.23. The van der Waals surface area contributed by atoms with Crippen molar-refractivity contribution < 1.29 is 4.74 Å². The molecule has 25 heavy (non-hydrogen) atoms. The molecule has 7 heteroatoms. The van der Waals surface area contributed by atoms with Gasteiger partial charge in [-0.1, -0.05) is 12.1 Å². The summed E-state index contributed by atoms with van der Waals surface area (Å²) >= 11 is 0. The molecule has 0 aliphatic heterocycles. The summed E-state index contributed by atoms with van der Waals surface area (Å²) in [5.74, 6) is 2.35. The number of methoxy groups -OCH3 is 1. The molecular formula is C18H22N6O. The van der Waals surface area contributed by atoms with E-state index in [9.17, 15) is 0 Å². The number of para-hydroxylation sites is 1. The maximum Gasteiger partial charge on any atom is 0.151 e. The normalized spacial score (nSPS) is 11.2. The van der Waals surface area contributed by atoms with Gasteiger partial charge in [-0.3, -0.25) is 5.43 Å². The number of hydrazone groups is 1. The molecule has 0 saturated heterocycles. The van der Waals surface area contributed by atoms with Crippen LogP contribution in [0.4, 0.5) is 11.6 Å². The van der Waals surface area contributed by atoms with E-state index in [4.69, 9.17) is 4.74 Å². The zero-order valence-corrected chi connectivity index (χ0v) is 14.7. The zero-order valence-electron chi connectivity index (χ0n) is 14.7. The quantitative estimate of drug-likeness (QED) is 0.511. The van der Waals surface area contributed by atoms with Crippen LogP contribution in [0.25, 0.3) is 10.9 Å². The van der Waals surface area contributed by atoms with Gasteiger partial charge >= 0.3 is 0 Å². The van der Waals surface area contributed by atoms with E-state index < -0.39 is 0 Å². The lowest BCUT2D eigenvalue weighted by Gasteiger charge is -2.19. The maximum absolute atomic E-state index is 5.36. The third-order valence-corrected chi connectivity index (χ3v) is 4.05. The van der Waals surface area contributed by atoms with Gasteiger partial charge in [-0.05, 0) is 19.9 Å². The summed E-state index contributed by atoms with van der Waals surface area (Å²) in [6.45, 7) is 5.99. The topological polar surface area (TPSA) is 78.4 Å². The highest BCUT2D eigenvalue weighted by Crippen LogP contribution is 2.26. The fourth-order valence-electron chi connectivity index (χ4n) is 2.72. The van der Waals surface area contributed by atoms with Gasteiger partial charge in [-0.15, -0.1) is 0 Å². The van der Waals surface area contributed by atoms with Crippen LogP contribution in [0.2, 0.25) is 0 Å². The van der Waals surface area contributed by atoms with Crippen molar-refractivity contribution in [3.63, 3.8) is 0 Å². The van der Waals surface area contributed by atoms with E-state index in [1.807, 2.05) is 30.5 Å². The first-order chi connectivity index (χ1) is 12.3. The van der Waals surface area contributed by atoms with E-state index >= 15 is 0 Å². The Morgan fingerprint density at radius 3 is 2.88 bits per heavy atom. The van der Waals surface area contributed by atoms with Crippen LogP contribution in [0.1, 0.15) is 19.4 Å². The first-order valence-electron chi connectivity index (χ1n) is 8.27. The molecule has 2 N–H and O–H groups in total. The number of hydrogen-bond acceptors (Lipinski definition) is 6. The summed E-state index contributed by atoms with van der Waals surface area (Å²) in [4.78, 5) is 13.9. The zero-order chi connectivity index (χ0) is 17.6. The number of ether oxygens (including phenoxy) is 1. The van der Waals surface area contributed by atoms with Gasteiger partial charge in [0.25, 0.3) is 0 Å². The molecule has 0 unspecified atom stereocenters. The van der Waals surface area contributed by atoms with Gasteiger partial charge in [-0.2, -0.15) is 5.10 Å². The number of fused-ring (bicyclic) bond motifs is 1. The summed E-state index contributed by atoms with van der Waals surface area (Å²) in [6, 6.07) is 7.80. The average molecular weight is 338 g/mol. The predicted molar refractivity (Wildman–Crippen MR) is 102 cm³/mol. The second-order valence-corrected chi connectivity index (χ2v) is 5.43. The van der Waals surface area contributed by atoms with Crippen LogP contribution >= 0.6 is 0 Å². The van der Waals surface area contributed by atoms with Crippen LogP contribution in [0, 0.1) is 0 Å². The molecule has 2 heterocycles. The van der Waals surface area contributed by atoms with Crippen molar-refractivity contribution >= 4 is 28.8 Å². The summed E-state index contributed by atoms with van der Waals surface area (Å²) in [5, 5.41) is 5.35. The minimum Gasteiger partial charge on any atom is -0.495 e. The van der Waals surface area contributed by atoms with Crippen LogP contribution in [0.5, 0.6) is 5.75 Å². The van der Waals surface area contributed by atoms with Crippen LogP contribution < -0.4 is 15.1 Å². The minimum absolute atomic E-state index is 0.658. The highest BCUT2D eigenvalue weighted by atomic mass is 16.5. The van der Waals surface area contributed by atoms with Crippen LogP contribution in [0.15, 0.2) is 41.9 Å². The van der Waals surface area contributed by atoms with Gasteiger partial charge in [0.1, 0.15) is 17.9 Å². The second kappa shape index (κ2) is 7.65. The third-order valence-electron chi connectivity index (χ3n) is 4.05. The van der Waals surface area contributed by atoms with Crippen molar-refractivity contribution in [2.24, 2.45) is 5.10 Å². The summed E-state index contributed by atoms with van der Waals surface area (Å²) in [5.41, 5.74) is 4.89. The highest BCUT2D eigenvalue weighted by Gasteiger charge is 2.07. The average Bonchev–Trinajstić information content (AvgIpc) is 3.06. The van der Waals surface area contributed by atoms with Crippen LogP contribution in [0.3, 0.4) is 0 Å². The van der Waals surface area contributed by atoms with E-state index in [2.05, 4.69) is 44.2 Å². The van der Waals surface area contributed by atoms with E-state index in [0.29, 0.717) is 5.82 Å². The molecule has 0 aliphatic rings. The third kappa shape index (κ3) is 3.55. The van der Waals surface area contributed by atoms with Crippen molar-refractivity contribution in [1.82, 2.24) is 15.0 Å². The van der Waals surface area contributed by atoms with Gasteiger partial charge in [0, 0.05) is 36.3 Å². The highest BCUT2D eigenvalue weighted by molar-refractivity contribution is 6.01. The van der Waals surface area contributed by atoms with Crippen LogP contribution in [-0.4, -0.2) is 41.4 Å². The van der Waals surface area contributed by atoms with Gasteiger partial charge in [0.2, 0.25) is 0 Å². The van der Waals surface area contributed by atoms with Crippen LogP contribution in [-0.2, 0) is 0 Å². The van der Waals surface area contributed by atoms with Crippen molar-refractivity contribution in [2.75, 3.05) is 30.5 Å². The fourth-order valence-corrected chi connectivity index (χ4v) is 2.72. The fraction of sp³-hybridized carbons (Fsp3) is 0.278. The largest absolute Gasteiger partial charge is 0.495 e. The molecule has 0 spiro atoms. The number of aromatic nitrogens is 3. The lowest BCUT2D eigenvalue weighted by molar-refractivity contribution is 0.419. The van der Waals surface area contributed by atoms with Crippen molar-refractivity contribution in [1.29, 1.82) is 0 Å². The number of rotatable bonds is 7. The molecule has 130 valence electrons. The number of benzene rings is 1. The van der Waals surface area contributed by atoms with E-state index in [-0.39, 0.29) is 0 Å². The Balaban J connectivity index is 1.77. The first kappa shape index (κ1) is 16.8. The van der Waals surface area contributed by atoms with Gasteiger partial charge < -0.3 is 14.6 Å². The van der Waals surface area contributed by atoms with E-state index in [0.717, 1.165) is 41.1 Å². The number of anilines is 2. The number of H-pyrrole nitrogens is 1. The summed E-state index contributed by atoms with van der Waals surface area (Å²) < 4.78 is 5.36. The molecule has 0 amide bonds. The molecule has 3 aromatic rings. The number of nitrogens with one attached hydrogen (secondary N) is 2. The Hall–Kier alpha value is -3.09. The van der Waals surface area contributed by atoms with E-state index in [1.165, 1.54) is 0 Å². The Morgan fingerprint density at radius 1 is 1.28 bits per heavy atom. The SMILES string of the molecule is CCN(CC)c1cc(N/N=C/c2c[nH]c3c(OC)cccc23)ncn1. The molecular weight excluding hydrogens is 316 g/mol. The Morgan fingerprint density at radius 2 is 2.12 bits per heavy atom. The van der Waals surface area contributed by atoms with Gasteiger partial charge in [-0.25, -0.2) is 9.97 Å². The van der Waals surface area contributed by atoms with Crippen molar-refractivity contribution in [3.05, 3.63) is 42.4 Å². The molecule has 7 nitrogen and oxygen atoms in total. The molecule has 2 aromatic heterocycles. The van der Waals surface area contributed by atoms with Gasteiger partial charge in [0.15, 0.2) is 5.82 Å². The molecule has 0 saturated carbocycles. The number of hydrogen-bond donors (Lipinski definition) is 2. The minimum atomic E-state index is 0.658. The molecule has 0 atom stereocenters. The Bertz CT molecular complexity index is 869. The van der Waals surface area contributed by atoms with Gasteiger partial charge in [0.05, 0.1) is 18.8 Å². The number of aromatic amines is 1. The smallest absolute Gasteiger partial charge is 0.151 e. The first-order valence-corrected chi connectivity index (χ1v) is 8.27. The van der Waals surface area contributed by atoms with Crippen molar-refractivity contribution in [2.45, 2.75) is 13.8 Å². The Kier molecular flexibility index (Phi) is 5.13. The summed E-state index contributed by atoms with van der Waals surface area (Å²) in [7, 11) is 1.66. The molecule has 0 radical (unpaired) electrons. The standard InChI is InChI=1S/C18H22N6O/c1-4-24(5-2)17-9-16(20-12-21-17)23-22-11-13-10-19-18-14(13)7-6-8-15(18)25-3/h6-12,19H,4-5H2,1-3H3,(H,20,21,23)/b22-11+. The molecule has 0 fully saturated rings. The monoisotopic (exact) mass is 338 g/mol. The maximum atomic E-state index is 5.36.